The molecule has 0 atom stereocenters. The first-order valence-electron chi connectivity index (χ1n) is 7.39. The van der Waals surface area contributed by atoms with E-state index in [0.717, 1.165) is 24.4 Å². The fourth-order valence-electron chi connectivity index (χ4n) is 2.28. The monoisotopic (exact) mass is 333 g/mol. The molecule has 0 aliphatic heterocycles. The predicted molar refractivity (Wildman–Crippen MR) is 88.6 cm³/mol. The minimum Gasteiger partial charge on any atom is -0.464 e. The second-order valence-corrected chi connectivity index (χ2v) is 6.50. The number of furan rings is 1. The van der Waals surface area contributed by atoms with Gasteiger partial charge in [0.15, 0.2) is 5.16 Å². The van der Waals surface area contributed by atoms with Crippen LogP contribution in [0.25, 0.3) is 0 Å². The lowest BCUT2D eigenvalue weighted by Gasteiger charge is -2.21. The van der Waals surface area contributed by atoms with Crippen LogP contribution in [0.2, 0.25) is 0 Å². The molecule has 1 saturated carbocycles. The zero-order valence-electron chi connectivity index (χ0n) is 12.9. The van der Waals surface area contributed by atoms with Gasteiger partial charge < -0.3 is 20.8 Å². The van der Waals surface area contributed by atoms with Crippen molar-refractivity contribution in [2.75, 3.05) is 17.2 Å². The Hall–Kier alpha value is -2.22. The number of nitrogen functional groups attached to an aromatic ring is 2. The number of aromatic nitrogens is 2. The standard InChI is InChI=1S/C15H19N5O2S/c1-9-2-5-11(22-9)7-20(10-3-4-10)14(21)8-23-15-18-12(16)6-13(17)19-15/h2,5-6,10H,3-4,7-8H2,1H3,(H4,16,17,18,19). The average molecular weight is 333 g/mol. The molecule has 2 aromatic heterocycles. The van der Waals surface area contributed by atoms with Gasteiger partial charge in [0.2, 0.25) is 5.91 Å². The van der Waals surface area contributed by atoms with Crippen molar-refractivity contribution in [1.29, 1.82) is 0 Å². The van der Waals surface area contributed by atoms with Crippen molar-refractivity contribution in [2.45, 2.75) is 37.5 Å². The van der Waals surface area contributed by atoms with Crippen LogP contribution in [0, 0.1) is 6.92 Å². The fourth-order valence-corrected chi connectivity index (χ4v) is 3.04. The molecule has 4 N–H and O–H groups in total. The Morgan fingerprint density at radius 2 is 2.04 bits per heavy atom. The summed E-state index contributed by atoms with van der Waals surface area (Å²) >= 11 is 1.24. The quantitative estimate of drug-likeness (QED) is 0.612. The molecule has 8 heteroatoms. The van der Waals surface area contributed by atoms with E-state index in [2.05, 4.69) is 9.97 Å². The van der Waals surface area contributed by atoms with Crippen LogP contribution in [0.5, 0.6) is 0 Å². The molecule has 0 aromatic carbocycles. The lowest BCUT2D eigenvalue weighted by atomic mass is 10.3. The first kappa shape index (κ1) is 15.7. The highest BCUT2D eigenvalue weighted by atomic mass is 32.2. The van der Waals surface area contributed by atoms with Crippen molar-refractivity contribution in [2.24, 2.45) is 0 Å². The van der Waals surface area contributed by atoms with Crippen molar-refractivity contribution in [3.8, 4) is 0 Å². The molecule has 0 radical (unpaired) electrons. The fraction of sp³-hybridized carbons (Fsp3) is 0.400. The largest absolute Gasteiger partial charge is 0.464 e. The molecule has 7 nitrogen and oxygen atoms in total. The zero-order chi connectivity index (χ0) is 16.4. The highest BCUT2D eigenvalue weighted by Gasteiger charge is 2.33. The lowest BCUT2D eigenvalue weighted by molar-refractivity contribution is -0.129. The van der Waals surface area contributed by atoms with Gasteiger partial charge in [-0.2, -0.15) is 0 Å². The van der Waals surface area contributed by atoms with E-state index in [-0.39, 0.29) is 11.7 Å². The van der Waals surface area contributed by atoms with Crippen molar-refractivity contribution in [3.63, 3.8) is 0 Å². The van der Waals surface area contributed by atoms with Gasteiger partial charge in [0, 0.05) is 12.1 Å². The minimum atomic E-state index is 0.0381. The molecule has 1 aliphatic rings. The summed E-state index contributed by atoms with van der Waals surface area (Å²) in [6, 6.07) is 5.61. The van der Waals surface area contributed by atoms with Gasteiger partial charge in [0.05, 0.1) is 12.3 Å². The highest BCUT2D eigenvalue weighted by molar-refractivity contribution is 7.99. The third-order valence-corrected chi connectivity index (χ3v) is 4.33. The zero-order valence-corrected chi connectivity index (χ0v) is 13.7. The molecule has 3 rings (SSSR count). The lowest BCUT2D eigenvalue weighted by Crippen LogP contribution is -2.33. The van der Waals surface area contributed by atoms with Crippen LogP contribution in [0.1, 0.15) is 24.4 Å². The number of carbonyl (C=O) groups excluding carboxylic acids is 1. The van der Waals surface area contributed by atoms with E-state index in [1.165, 1.54) is 17.8 Å². The smallest absolute Gasteiger partial charge is 0.233 e. The molecule has 0 spiro atoms. The maximum Gasteiger partial charge on any atom is 0.233 e. The Labute approximate surface area is 138 Å². The molecule has 0 bridgehead atoms. The molecule has 0 unspecified atom stereocenters. The summed E-state index contributed by atoms with van der Waals surface area (Å²) in [5, 5.41) is 0.417. The summed E-state index contributed by atoms with van der Waals surface area (Å²) in [6.45, 7) is 2.39. The number of anilines is 2. The third-order valence-electron chi connectivity index (χ3n) is 3.50. The minimum absolute atomic E-state index is 0.0381. The van der Waals surface area contributed by atoms with Gasteiger partial charge in [-0.15, -0.1) is 0 Å². The van der Waals surface area contributed by atoms with Crippen LogP contribution >= 0.6 is 11.8 Å². The van der Waals surface area contributed by atoms with Crippen molar-refractivity contribution >= 4 is 29.3 Å². The molecule has 2 aromatic rings. The van der Waals surface area contributed by atoms with E-state index in [9.17, 15) is 4.79 Å². The maximum atomic E-state index is 12.5. The number of hydrogen-bond donors (Lipinski definition) is 2. The van der Waals surface area contributed by atoms with Gasteiger partial charge in [0.25, 0.3) is 0 Å². The van der Waals surface area contributed by atoms with Crippen molar-refractivity contribution in [1.82, 2.24) is 14.9 Å². The number of carbonyl (C=O) groups is 1. The normalized spacial score (nSPS) is 14.0. The summed E-state index contributed by atoms with van der Waals surface area (Å²) < 4.78 is 5.58. The Kier molecular flexibility index (Phi) is 4.42. The van der Waals surface area contributed by atoms with Crippen LogP contribution < -0.4 is 11.5 Å². The number of nitrogens with zero attached hydrogens (tertiary/aromatic N) is 3. The number of thioether (sulfide) groups is 1. The summed E-state index contributed by atoms with van der Waals surface area (Å²) in [6.07, 6.45) is 2.08. The third kappa shape index (κ3) is 4.16. The Bertz CT molecular complexity index is 693. The second kappa shape index (κ2) is 6.49. The van der Waals surface area contributed by atoms with Gasteiger partial charge in [-0.1, -0.05) is 11.8 Å². The highest BCUT2D eigenvalue weighted by Crippen LogP contribution is 2.30. The molecule has 1 aliphatic carbocycles. The van der Waals surface area contributed by atoms with E-state index in [4.69, 9.17) is 15.9 Å². The first-order chi connectivity index (χ1) is 11.0. The average Bonchev–Trinajstić information content (AvgIpc) is 3.24. The van der Waals surface area contributed by atoms with Crippen LogP contribution in [0.3, 0.4) is 0 Å². The van der Waals surface area contributed by atoms with Gasteiger partial charge in [-0.3, -0.25) is 4.79 Å². The van der Waals surface area contributed by atoms with E-state index in [0.29, 0.717) is 29.4 Å². The topological polar surface area (TPSA) is 111 Å². The Balaban J connectivity index is 1.62. The van der Waals surface area contributed by atoms with Crippen LogP contribution in [-0.2, 0) is 11.3 Å². The molecule has 122 valence electrons. The molecular formula is C15H19N5O2S. The number of nitrogens with two attached hydrogens (primary N) is 2. The van der Waals surface area contributed by atoms with Gasteiger partial charge >= 0.3 is 0 Å². The molecule has 23 heavy (non-hydrogen) atoms. The first-order valence-corrected chi connectivity index (χ1v) is 8.37. The van der Waals surface area contributed by atoms with E-state index in [1.54, 1.807) is 0 Å². The maximum absolute atomic E-state index is 12.5. The number of aryl methyl sites for hydroxylation is 1. The molecule has 2 heterocycles. The Morgan fingerprint density at radius 1 is 1.35 bits per heavy atom. The van der Waals surface area contributed by atoms with Crippen molar-refractivity contribution < 1.29 is 9.21 Å². The predicted octanol–water partition coefficient (Wildman–Crippen LogP) is 1.83. The van der Waals surface area contributed by atoms with Gasteiger partial charge in [-0.25, -0.2) is 9.97 Å². The summed E-state index contributed by atoms with van der Waals surface area (Å²) in [7, 11) is 0. The summed E-state index contributed by atoms with van der Waals surface area (Å²) in [4.78, 5) is 22.5. The Morgan fingerprint density at radius 3 is 2.61 bits per heavy atom. The number of amides is 1. The molecule has 1 fully saturated rings. The summed E-state index contributed by atoms with van der Waals surface area (Å²) in [5.74, 6) is 2.55. The van der Waals surface area contributed by atoms with E-state index < -0.39 is 0 Å². The summed E-state index contributed by atoms with van der Waals surface area (Å²) in [5.41, 5.74) is 11.3. The van der Waals surface area contributed by atoms with Crippen LogP contribution in [-0.4, -0.2) is 32.6 Å². The van der Waals surface area contributed by atoms with E-state index >= 15 is 0 Å². The van der Waals surface area contributed by atoms with Crippen LogP contribution in [0.15, 0.2) is 27.8 Å². The number of hydrogen-bond acceptors (Lipinski definition) is 7. The van der Waals surface area contributed by atoms with E-state index in [1.807, 2.05) is 24.0 Å². The molecule has 1 amide bonds. The van der Waals surface area contributed by atoms with Gasteiger partial charge in [0.1, 0.15) is 23.2 Å². The van der Waals surface area contributed by atoms with Crippen molar-refractivity contribution in [3.05, 3.63) is 29.7 Å². The second-order valence-electron chi connectivity index (χ2n) is 5.55. The SMILES string of the molecule is Cc1ccc(CN(C(=O)CSc2nc(N)cc(N)n2)C2CC2)o1. The molecule has 0 saturated heterocycles. The van der Waals surface area contributed by atoms with Crippen LogP contribution in [0.4, 0.5) is 11.6 Å². The van der Waals surface area contributed by atoms with Gasteiger partial charge in [-0.05, 0) is 31.9 Å². The number of rotatable bonds is 6. The molecular weight excluding hydrogens is 314 g/mol.